The predicted octanol–water partition coefficient (Wildman–Crippen LogP) is 2.10. The second kappa shape index (κ2) is 8.52. The molecule has 2 saturated heterocycles. The SMILES string of the molecule is CN(C(=O)c1cccc(OCC2CCCO2)c1)C1CCNC1.Cl. The molecule has 0 spiro atoms. The third-order valence-electron chi connectivity index (χ3n) is 4.44. The molecule has 0 aliphatic carbocycles. The van der Waals surface area contributed by atoms with Gasteiger partial charge in [0.1, 0.15) is 12.4 Å². The quantitative estimate of drug-likeness (QED) is 0.892. The van der Waals surface area contributed by atoms with Gasteiger partial charge >= 0.3 is 0 Å². The van der Waals surface area contributed by atoms with Crippen LogP contribution in [0.15, 0.2) is 24.3 Å². The Kier molecular flexibility index (Phi) is 6.69. The number of rotatable bonds is 5. The number of likely N-dealkylation sites (N-methyl/N-ethyl adjacent to an activating group) is 1. The molecule has 2 fully saturated rings. The van der Waals surface area contributed by atoms with Crippen molar-refractivity contribution in [1.29, 1.82) is 0 Å². The Labute approximate surface area is 143 Å². The van der Waals surface area contributed by atoms with E-state index in [1.807, 2.05) is 36.2 Å². The number of benzene rings is 1. The Morgan fingerprint density at radius 2 is 2.30 bits per heavy atom. The predicted molar refractivity (Wildman–Crippen MR) is 91.5 cm³/mol. The highest BCUT2D eigenvalue weighted by molar-refractivity contribution is 5.94. The van der Waals surface area contributed by atoms with Crippen LogP contribution in [0.5, 0.6) is 5.75 Å². The van der Waals surface area contributed by atoms with Gasteiger partial charge in [-0.15, -0.1) is 12.4 Å². The molecular formula is C17H25ClN2O3. The molecule has 128 valence electrons. The molecule has 0 radical (unpaired) electrons. The Balaban J connectivity index is 0.00000192. The molecule has 0 saturated carbocycles. The molecule has 2 heterocycles. The number of hydrogen-bond donors (Lipinski definition) is 1. The van der Waals surface area contributed by atoms with Crippen molar-refractivity contribution >= 4 is 18.3 Å². The summed E-state index contributed by atoms with van der Waals surface area (Å²) in [5, 5.41) is 3.29. The fourth-order valence-corrected chi connectivity index (χ4v) is 3.02. The molecule has 0 aromatic heterocycles. The number of hydrogen-bond acceptors (Lipinski definition) is 4. The molecule has 1 N–H and O–H groups in total. The van der Waals surface area contributed by atoms with Crippen LogP contribution in [0.1, 0.15) is 29.6 Å². The summed E-state index contributed by atoms with van der Waals surface area (Å²) in [4.78, 5) is 14.4. The summed E-state index contributed by atoms with van der Waals surface area (Å²) in [6.45, 7) is 3.23. The lowest BCUT2D eigenvalue weighted by molar-refractivity contribution is 0.0677. The lowest BCUT2D eigenvalue weighted by Gasteiger charge is -2.24. The van der Waals surface area contributed by atoms with Crippen LogP contribution in [-0.2, 0) is 4.74 Å². The number of amides is 1. The van der Waals surface area contributed by atoms with Gasteiger partial charge in [0, 0.05) is 31.8 Å². The number of nitrogens with zero attached hydrogens (tertiary/aromatic N) is 1. The summed E-state index contributed by atoms with van der Waals surface area (Å²) < 4.78 is 11.3. The van der Waals surface area contributed by atoms with Crippen LogP contribution >= 0.6 is 12.4 Å². The van der Waals surface area contributed by atoms with Gasteiger partial charge in [0.15, 0.2) is 0 Å². The summed E-state index contributed by atoms with van der Waals surface area (Å²) in [6, 6.07) is 7.72. The molecule has 2 atom stereocenters. The third-order valence-corrected chi connectivity index (χ3v) is 4.44. The first-order valence-electron chi connectivity index (χ1n) is 8.06. The van der Waals surface area contributed by atoms with Crippen LogP contribution in [0.3, 0.4) is 0 Å². The summed E-state index contributed by atoms with van der Waals surface area (Å²) >= 11 is 0. The minimum atomic E-state index is 0. The van der Waals surface area contributed by atoms with Gasteiger partial charge in [0.05, 0.1) is 6.10 Å². The molecule has 23 heavy (non-hydrogen) atoms. The standard InChI is InChI=1S/C17H24N2O3.ClH/c1-19(14-7-8-18-11-14)17(20)13-4-2-5-15(10-13)22-12-16-6-3-9-21-16;/h2,4-5,10,14,16,18H,3,6-9,11-12H2,1H3;1H. The second-order valence-electron chi connectivity index (χ2n) is 6.04. The average Bonchev–Trinajstić information content (AvgIpc) is 3.25. The zero-order valence-electron chi connectivity index (χ0n) is 13.5. The summed E-state index contributed by atoms with van der Waals surface area (Å²) in [5.41, 5.74) is 0.680. The van der Waals surface area contributed by atoms with Crippen molar-refractivity contribution in [3.8, 4) is 5.75 Å². The van der Waals surface area contributed by atoms with E-state index in [1.165, 1.54) is 0 Å². The van der Waals surface area contributed by atoms with E-state index in [0.717, 1.165) is 44.7 Å². The Hall–Kier alpha value is -1.30. The van der Waals surface area contributed by atoms with E-state index in [1.54, 1.807) is 0 Å². The molecule has 1 aromatic carbocycles. The molecule has 0 bridgehead atoms. The highest BCUT2D eigenvalue weighted by Crippen LogP contribution is 2.19. The monoisotopic (exact) mass is 340 g/mol. The van der Waals surface area contributed by atoms with E-state index < -0.39 is 0 Å². The van der Waals surface area contributed by atoms with Crippen molar-refractivity contribution < 1.29 is 14.3 Å². The number of nitrogens with one attached hydrogen (secondary N) is 1. The number of carbonyl (C=O) groups is 1. The largest absolute Gasteiger partial charge is 0.491 e. The van der Waals surface area contributed by atoms with E-state index in [4.69, 9.17) is 9.47 Å². The first-order valence-corrected chi connectivity index (χ1v) is 8.06. The first-order chi connectivity index (χ1) is 10.7. The maximum Gasteiger partial charge on any atom is 0.254 e. The van der Waals surface area contributed by atoms with Crippen LogP contribution in [0.4, 0.5) is 0 Å². The van der Waals surface area contributed by atoms with Crippen LogP contribution in [0.2, 0.25) is 0 Å². The Morgan fingerprint density at radius 1 is 1.43 bits per heavy atom. The molecule has 2 aliphatic heterocycles. The number of ether oxygens (including phenoxy) is 2. The first kappa shape index (κ1) is 18.0. The fourth-order valence-electron chi connectivity index (χ4n) is 3.02. The van der Waals surface area contributed by atoms with Crippen LogP contribution < -0.4 is 10.1 Å². The maximum atomic E-state index is 12.6. The zero-order valence-corrected chi connectivity index (χ0v) is 14.3. The highest BCUT2D eigenvalue weighted by Gasteiger charge is 2.24. The van der Waals surface area contributed by atoms with Crippen LogP contribution in [-0.4, -0.2) is 56.3 Å². The summed E-state index contributed by atoms with van der Waals surface area (Å²) in [6.07, 6.45) is 3.35. The molecule has 5 nitrogen and oxygen atoms in total. The molecular weight excluding hydrogens is 316 g/mol. The summed E-state index contributed by atoms with van der Waals surface area (Å²) in [5.74, 6) is 0.788. The highest BCUT2D eigenvalue weighted by atomic mass is 35.5. The second-order valence-corrected chi connectivity index (χ2v) is 6.04. The molecule has 6 heteroatoms. The van der Waals surface area contributed by atoms with Gasteiger partial charge in [-0.2, -0.15) is 0 Å². The van der Waals surface area contributed by atoms with Gasteiger partial charge in [0.25, 0.3) is 5.91 Å². The van der Waals surface area contributed by atoms with Gasteiger partial charge in [0.2, 0.25) is 0 Å². The molecule has 2 aliphatic rings. The number of carbonyl (C=O) groups excluding carboxylic acids is 1. The van der Waals surface area contributed by atoms with Crippen molar-refractivity contribution in [2.45, 2.75) is 31.4 Å². The van der Waals surface area contributed by atoms with Gasteiger partial charge in [-0.25, -0.2) is 0 Å². The van der Waals surface area contributed by atoms with E-state index in [0.29, 0.717) is 12.2 Å². The van der Waals surface area contributed by atoms with Crippen molar-refractivity contribution in [3.63, 3.8) is 0 Å². The van der Waals surface area contributed by atoms with Gasteiger partial charge < -0.3 is 19.7 Å². The Bertz CT molecular complexity index is 514. The topological polar surface area (TPSA) is 50.8 Å². The van der Waals surface area contributed by atoms with E-state index in [9.17, 15) is 4.79 Å². The van der Waals surface area contributed by atoms with Crippen LogP contribution in [0.25, 0.3) is 0 Å². The van der Waals surface area contributed by atoms with Gasteiger partial charge in [-0.05, 0) is 44.0 Å². The normalized spacial score (nSPS) is 23.3. The lowest BCUT2D eigenvalue weighted by atomic mass is 10.1. The summed E-state index contributed by atoms with van der Waals surface area (Å²) in [7, 11) is 1.87. The Morgan fingerprint density at radius 3 is 3.00 bits per heavy atom. The van der Waals surface area contributed by atoms with Crippen molar-refractivity contribution in [1.82, 2.24) is 10.2 Å². The van der Waals surface area contributed by atoms with Crippen LogP contribution in [0, 0.1) is 0 Å². The molecule has 2 unspecified atom stereocenters. The van der Waals surface area contributed by atoms with Crippen molar-refractivity contribution in [2.75, 3.05) is 33.4 Å². The molecule has 1 aromatic rings. The minimum Gasteiger partial charge on any atom is -0.491 e. The zero-order chi connectivity index (χ0) is 15.4. The number of halogens is 1. The minimum absolute atomic E-state index is 0. The van der Waals surface area contributed by atoms with E-state index in [-0.39, 0.29) is 30.5 Å². The third kappa shape index (κ3) is 4.59. The molecule has 3 rings (SSSR count). The van der Waals surface area contributed by atoms with Crippen molar-refractivity contribution in [3.05, 3.63) is 29.8 Å². The van der Waals surface area contributed by atoms with Gasteiger partial charge in [-0.1, -0.05) is 6.07 Å². The smallest absolute Gasteiger partial charge is 0.254 e. The average molecular weight is 341 g/mol. The molecule has 1 amide bonds. The van der Waals surface area contributed by atoms with E-state index >= 15 is 0 Å². The van der Waals surface area contributed by atoms with Crippen molar-refractivity contribution in [2.24, 2.45) is 0 Å². The lowest BCUT2D eigenvalue weighted by Crippen LogP contribution is -2.38. The fraction of sp³-hybridized carbons (Fsp3) is 0.588. The van der Waals surface area contributed by atoms with E-state index in [2.05, 4.69) is 5.32 Å². The van der Waals surface area contributed by atoms with Gasteiger partial charge in [-0.3, -0.25) is 4.79 Å². The maximum absolute atomic E-state index is 12.6.